The van der Waals surface area contributed by atoms with Gasteiger partial charge in [-0.15, -0.1) is 4.40 Å². The van der Waals surface area contributed by atoms with Gasteiger partial charge in [0.05, 0.1) is 17.9 Å². The molecule has 0 fully saturated rings. The molecule has 0 aromatic rings. The van der Waals surface area contributed by atoms with Gasteiger partial charge in [0.1, 0.15) is 0 Å². The maximum Gasteiger partial charge on any atom is 0.344 e. The Bertz CT molecular complexity index is 450. The summed E-state index contributed by atoms with van der Waals surface area (Å²) in [4.78, 5) is 11.5. The summed E-state index contributed by atoms with van der Waals surface area (Å²) in [5, 5.41) is 0. The topological polar surface area (TPSA) is 76.0 Å². The summed E-state index contributed by atoms with van der Waals surface area (Å²) in [6, 6.07) is 0. The van der Waals surface area contributed by atoms with Crippen molar-refractivity contribution in [1.29, 1.82) is 0 Å². The number of ether oxygens (including phenoxy) is 1. The average Bonchev–Trinajstić information content (AvgIpc) is 2.19. The third-order valence-electron chi connectivity index (χ3n) is 1.97. The van der Waals surface area contributed by atoms with Crippen molar-refractivity contribution in [3.05, 3.63) is 11.8 Å². The number of carbonyl (C=O) groups is 1. The lowest BCUT2D eigenvalue weighted by Crippen LogP contribution is -2.29. The first kappa shape index (κ1) is 12.7. The third-order valence-corrected chi connectivity index (χ3v) is 3.31. The Morgan fingerprint density at radius 3 is 2.75 bits per heavy atom. The van der Waals surface area contributed by atoms with Crippen molar-refractivity contribution in [3.8, 4) is 0 Å². The molecule has 0 aromatic heterocycles. The average molecular weight is 246 g/mol. The van der Waals surface area contributed by atoms with Gasteiger partial charge in [-0.3, -0.25) is 4.31 Å². The first-order valence-corrected chi connectivity index (χ1v) is 6.22. The molecule has 0 saturated heterocycles. The second-order valence-electron chi connectivity index (χ2n) is 3.35. The summed E-state index contributed by atoms with van der Waals surface area (Å²) in [7, 11) is -2.34. The van der Waals surface area contributed by atoms with Crippen molar-refractivity contribution in [2.75, 3.05) is 13.7 Å². The monoisotopic (exact) mass is 246 g/mol. The number of hydrogen-bond acceptors (Lipinski definition) is 4. The molecule has 7 heteroatoms. The van der Waals surface area contributed by atoms with Gasteiger partial charge in [0.25, 0.3) is 0 Å². The van der Waals surface area contributed by atoms with Crippen LogP contribution in [-0.4, -0.2) is 38.1 Å². The molecule has 1 aliphatic heterocycles. The number of hydrogen-bond donors (Lipinski definition) is 0. The van der Waals surface area contributed by atoms with E-state index < -0.39 is 16.2 Å². The van der Waals surface area contributed by atoms with Gasteiger partial charge in [-0.1, -0.05) is 6.92 Å². The van der Waals surface area contributed by atoms with E-state index in [2.05, 4.69) is 4.40 Å². The van der Waals surface area contributed by atoms with Crippen LogP contribution in [0.25, 0.3) is 0 Å². The highest BCUT2D eigenvalue weighted by molar-refractivity contribution is 7.88. The highest BCUT2D eigenvalue weighted by Crippen LogP contribution is 2.15. The molecule has 0 bridgehead atoms. The van der Waals surface area contributed by atoms with E-state index in [0.29, 0.717) is 13.0 Å². The molecule has 0 atom stereocenters. The predicted molar refractivity (Wildman–Crippen MR) is 59.1 cm³/mol. The molecule has 0 spiro atoms. The van der Waals surface area contributed by atoms with E-state index in [9.17, 15) is 13.2 Å². The fraction of sp³-hybridized carbons (Fsp3) is 0.556. The Morgan fingerprint density at radius 1 is 1.56 bits per heavy atom. The first-order chi connectivity index (χ1) is 7.38. The summed E-state index contributed by atoms with van der Waals surface area (Å²) in [6.07, 6.45) is 1.93. The molecule has 16 heavy (non-hydrogen) atoms. The van der Waals surface area contributed by atoms with Gasteiger partial charge in [-0.2, -0.15) is 8.42 Å². The van der Waals surface area contributed by atoms with E-state index >= 15 is 0 Å². The van der Waals surface area contributed by atoms with E-state index in [0.717, 1.165) is 4.31 Å². The normalized spacial score (nSPS) is 18.8. The number of rotatable bonds is 3. The van der Waals surface area contributed by atoms with Crippen molar-refractivity contribution in [2.45, 2.75) is 20.3 Å². The minimum Gasteiger partial charge on any atom is -0.462 e. The van der Waals surface area contributed by atoms with E-state index in [1.54, 1.807) is 0 Å². The molecule has 90 valence electrons. The molecule has 0 aromatic carbocycles. The SMILES string of the molecule is CCCOC(=O)C1=CN(C)S(=O)(=O)N=C1C. The molecule has 1 aliphatic rings. The molecule has 6 nitrogen and oxygen atoms in total. The fourth-order valence-corrected chi connectivity index (χ4v) is 1.91. The molecular weight excluding hydrogens is 232 g/mol. The van der Waals surface area contributed by atoms with Crippen LogP contribution in [0, 0.1) is 0 Å². The van der Waals surface area contributed by atoms with Crippen molar-refractivity contribution in [3.63, 3.8) is 0 Å². The molecule has 0 saturated carbocycles. The van der Waals surface area contributed by atoms with Gasteiger partial charge in [0, 0.05) is 13.2 Å². The Labute approximate surface area is 94.8 Å². The second kappa shape index (κ2) is 4.65. The molecule has 0 radical (unpaired) electrons. The van der Waals surface area contributed by atoms with E-state index in [4.69, 9.17) is 4.74 Å². The molecule has 0 unspecified atom stereocenters. The standard InChI is InChI=1S/C9H14N2O4S/c1-4-5-15-9(12)8-6-11(3)16(13,14)10-7(8)2/h6H,4-5H2,1-3H3. The minimum absolute atomic E-state index is 0.152. The van der Waals surface area contributed by atoms with Crippen LogP contribution in [0.1, 0.15) is 20.3 Å². The maximum atomic E-state index is 11.5. The lowest BCUT2D eigenvalue weighted by atomic mass is 10.2. The van der Waals surface area contributed by atoms with Crippen LogP contribution in [0.3, 0.4) is 0 Å². The number of carbonyl (C=O) groups excluding carboxylic acids is 1. The van der Waals surface area contributed by atoms with Crippen LogP contribution in [0.2, 0.25) is 0 Å². The van der Waals surface area contributed by atoms with E-state index in [-0.39, 0.29) is 11.3 Å². The molecule has 0 N–H and O–H groups in total. The largest absolute Gasteiger partial charge is 0.462 e. The molecule has 0 amide bonds. The number of nitrogens with zero attached hydrogens (tertiary/aromatic N) is 2. The van der Waals surface area contributed by atoms with Gasteiger partial charge >= 0.3 is 16.2 Å². The highest BCUT2D eigenvalue weighted by Gasteiger charge is 2.26. The molecular formula is C9H14N2O4S. The fourth-order valence-electron chi connectivity index (χ4n) is 1.10. The van der Waals surface area contributed by atoms with Crippen LogP contribution in [0.15, 0.2) is 16.2 Å². The van der Waals surface area contributed by atoms with Crippen LogP contribution >= 0.6 is 0 Å². The van der Waals surface area contributed by atoms with Crippen LogP contribution in [0.4, 0.5) is 0 Å². The second-order valence-corrected chi connectivity index (χ2v) is 5.00. The summed E-state index contributed by atoms with van der Waals surface area (Å²) < 4.78 is 31.9. The van der Waals surface area contributed by atoms with Crippen LogP contribution < -0.4 is 0 Å². The summed E-state index contributed by atoms with van der Waals surface area (Å²) in [5.74, 6) is -0.551. The highest BCUT2D eigenvalue weighted by atomic mass is 32.2. The zero-order chi connectivity index (χ0) is 12.3. The smallest absolute Gasteiger partial charge is 0.344 e. The quantitative estimate of drug-likeness (QED) is 0.678. The van der Waals surface area contributed by atoms with Crippen LogP contribution in [-0.2, 0) is 19.7 Å². The van der Waals surface area contributed by atoms with Gasteiger partial charge < -0.3 is 4.74 Å². The Balaban J connectivity index is 2.92. The Kier molecular flexibility index (Phi) is 3.69. The van der Waals surface area contributed by atoms with Gasteiger partial charge in [0.2, 0.25) is 0 Å². The number of esters is 1. The van der Waals surface area contributed by atoms with E-state index in [1.165, 1.54) is 20.2 Å². The van der Waals surface area contributed by atoms with Crippen molar-refractivity contribution >= 4 is 21.9 Å². The molecule has 1 rings (SSSR count). The van der Waals surface area contributed by atoms with Gasteiger partial charge in [-0.25, -0.2) is 4.79 Å². The third kappa shape index (κ3) is 2.60. The van der Waals surface area contributed by atoms with Gasteiger partial charge in [0.15, 0.2) is 0 Å². The summed E-state index contributed by atoms with van der Waals surface area (Å²) in [5.41, 5.74) is 0.324. The van der Waals surface area contributed by atoms with Crippen molar-refractivity contribution in [1.82, 2.24) is 4.31 Å². The Hall–Kier alpha value is -1.37. The Morgan fingerprint density at radius 2 is 2.19 bits per heavy atom. The zero-order valence-electron chi connectivity index (χ0n) is 9.43. The lowest BCUT2D eigenvalue weighted by molar-refractivity contribution is -0.138. The first-order valence-electron chi connectivity index (χ1n) is 4.82. The molecule has 0 aliphatic carbocycles. The summed E-state index contributed by atoms with van der Waals surface area (Å²) in [6.45, 7) is 3.64. The van der Waals surface area contributed by atoms with E-state index in [1.807, 2.05) is 6.92 Å². The zero-order valence-corrected chi connectivity index (χ0v) is 10.2. The minimum atomic E-state index is -3.66. The van der Waals surface area contributed by atoms with Crippen molar-refractivity contribution < 1.29 is 17.9 Å². The molecule has 1 heterocycles. The predicted octanol–water partition coefficient (Wildman–Crippen LogP) is 0.475. The van der Waals surface area contributed by atoms with Gasteiger partial charge in [-0.05, 0) is 13.3 Å². The van der Waals surface area contributed by atoms with Crippen LogP contribution in [0.5, 0.6) is 0 Å². The van der Waals surface area contributed by atoms with Crippen molar-refractivity contribution in [2.24, 2.45) is 4.40 Å². The lowest BCUT2D eigenvalue weighted by Gasteiger charge is -2.18. The maximum absolute atomic E-state index is 11.5. The summed E-state index contributed by atoms with van der Waals surface area (Å²) >= 11 is 0.